The third kappa shape index (κ3) is 0.977. The minimum Gasteiger partial charge on any atom is -0.361 e. The second-order valence-electron chi connectivity index (χ2n) is 1.94. The fraction of sp³-hybridized carbons (Fsp3) is 0. The van der Waals surface area contributed by atoms with E-state index in [0.717, 1.165) is 10.9 Å². The first-order valence-corrected chi connectivity index (χ1v) is 2.84. The molecular weight excluding hydrogens is 148 g/mol. The van der Waals surface area contributed by atoms with E-state index in [0.29, 0.717) is 0 Å². The van der Waals surface area contributed by atoms with Gasteiger partial charge in [0, 0.05) is 29.5 Å². The van der Waals surface area contributed by atoms with Crippen molar-refractivity contribution >= 4 is 23.3 Å². The molecule has 3 heteroatoms. The number of pyridine rings is 1. The Balaban J connectivity index is 0.000000500. The van der Waals surface area contributed by atoms with Crippen molar-refractivity contribution in [1.82, 2.24) is 9.97 Å². The molecule has 10 heavy (non-hydrogen) atoms. The molecule has 0 spiro atoms. The lowest BCUT2D eigenvalue weighted by Gasteiger charge is -1.82. The highest BCUT2D eigenvalue weighted by Crippen LogP contribution is 2.07. The summed E-state index contributed by atoms with van der Waals surface area (Å²) in [6.45, 7) is 0. The van der Waals surface area contributed by atoms with Crippen molar-refractivity contribution in [1.29, 1.82) is 0 Å². The van der Waals surface area contributed by atoms with Gasteiger partial charge in [0.05, 0.1) is 0 Å². The molecule has 52 valence electrons. The van der Waals surface area contributed by atoms with E-state index in [4.69, 9.17) is 0 Å². The Kier molecular flexibility index (Phi) is 1.92. The Bertz CT molecular complexity index is 286. The van der Waals surface area contributed by atoms with Gasteiger partial charge in [0.15, 0.2) is 0 Å². The molecule has 1 N–H and O–H groups in total. The highest BCUT2D eigenvalue weighted by molar-refractivity contribution is 5.85. The van der Waals surface area contributed by atoms with Crippen LogP contribution in [0, 0.1) is 0 Å². The third-order valence-corrected chi connectivity index (χ3v) is 1.35. The SMILES string of the molecule is Cl.c1cc2[nH]ccc2cn1. The normalized spacial score (nSPS) is 9.20. The van der Waals surface area contributed by atoms with Crippen LogP contribution in [0.4, 0.5) is 0 Å². The van der Waals surface area contributed by atoms with Crippen molar-refractivity contribution in [2.75, 3.05) is 0 Å². The van der Waals surface area contributed by atoms with Crippen molar-refractivity contribution < 1.29 is 0 Å². The second-order valence-corrected chi connectivity index (χ2v) is 1.94. The van der Waals surface area contributed by atoms with Crippen LogP contribution in [0.15, 0.2) is 30.7 Å². The zero-order valence-corrected chi connectivity index (χ0v) is 6.06. The first kappa shape index (κ1) is 7.09. The molecule has 2 aromatic heterocycles. The van der Waals surface area contributed by atoms with Gasteiger partial charge in [-0.15, -0.1) is 12.4 Å². The lowest BCUT2D eigenvalue weighted by Crippen LogP contribution is -1.67. The van der Waals surface area contributed by atoms with Crippen LogP contribution in [0.5, 0.6) is 0 Å². The summed E-state index contributed by atoms with van der Waals surface area (Å²) in [5, 5.41) is 1.16. The van der Waals surface area contributed by atoms with Crippen LogP contribution in [0.3, 0.4) is 0 Å². The van der Waals surface area contributed by atoms with Gasteiger partial charge in [0.25, 0.3) is 0 Å². The van der Waals surface area contributed by atoms with Crippen molar-refractivity contribution in [2.45, 2.75) is 0 Å². The smallest absolute Gasteiger partial charge is 0.0484 e. The van der Waals surface area contributed by atoms with Gasteiger partial charge >= 0.3 is 0 Å². The predicted octanol–water partition coefficient (Wildman–Crippen LogP) is 1.98. The van der Waals surface area contributed by atoms with Gasteiger partial charge in [-0.1, -0.05) is 0 Å². The van der Waals surface area contributed by atoms with Crippen LogP contribution in [-0.4, -0.2) is 9.97 Å². The minimum absolute atomic E-state index is 0. The third-order valence-electron chi connectivity index (χ3n) is 1.35. The number of aromatic nitrogens is 2. The molecule has 2 heterocycles. The molecule has 0 aromatic carbocycles. The Morgan fingerprint density at radius 1 is 1.30 bits per heavy atom. The summed E-state index contributed by atoms with van der Waals surface area (Å²) in [6.07, 6.45) is 5.52. The molecule has 2 nitrogen and oxygen atoms in total. The summed E-state index contributed by atoms with van der Waals surface area (Å²) in [4.78, 5) is 7.04. The summed E-state index contributed by atoms with van der Waals surface area (Å²) < 4.78 is 0. The van der Waals surface area contributed by atoms with Gasteiger partial charge < -0.3 is 4.98 Å². The van der Waals surface area contributed by atoms with Crippen LogP contribution >= 0.6 is 12.4 Å². The second kappa shape index (κ2) is 2.71. The van der Waals surface area contributed by atoms with E-state index in [9.17, 15) is 0 Å². The summed E-state index contributed by atoms with van der Waals surface area (Å²) in [5.41, 5.74) is 1.14. The maximum absolute atomic E-state index is 3.97. The summed E-state index contributed by atoms with van der Waals surface area (Å²) in [5.74, 6) is 0. The van der Waals surface area contributed by atoms with Gasteiger partial charge in [0.2, 0.25) is 0 Å². The molecule has 2 aromatic rings. The van der Waals surface area contributed by atoms with E-state index in [2.05, 4.69) is 9.97 Å². The maximum atomic E-state index is 3.97. The first-order valence-electron chi connectivity index (χ1n) is 2.84. The number of nitrogens with one attached hydrogen (secondary N) is 1. The molecule has 0 radical (unpaired) electrons. The molecule has 2 rings (SSSR count). The Hall–Kier alpha value is -1.02. The fourth-order valence-corrected chi connectivity index (χ4v) is 0.892. The highest BCUT2D eigenvalue weighted by atomic mass is 35.5. The van der Waals surface area contributed by atoms with Crippen LogP contribution in [0.25, 0.3) is 10.9 Å². The van der Waals surface area contributed by atoms with Gasteiger partial charge in [-0.25, -0.2) is 0 Å². The number of nitrogens with zero attached hydrogens (tertiary/aromatic N) is 1. The van der Waals surface area contributed by atoms with Crippen LogP contribution in [0.2, 0.25) is 0 Å². The molecule has 0 amide bonds. The lowest BCUT2D eigenvalue weighted by atomic mass is 10.3. The summed E-state index contributed by atoms with van der Waals surface area (Å²) in [7, 11) is 0. The number of fused-ring (bicyclic) bond motifs is 1. The molecular formula is C7H7ClN2. The van der Waals surface area contributed by atoms with Crippen molar-refractivity contribution in [2.24, 2.45) is 0 Å². The van der Waals surface area contributed by atoms with E-state index >= 15 is 0 Å². The zero-order valence-electron chi connectivity index (χ0n) is 5.24. The van der Waals surface area contributed by atoms with Gasteiger partial charge in [-0.3, -0.25) is 4.98 Å². The average molecular weight is 155 g/mol. The Morgan fingerprint density at radius 3 is 3.00 bits per heavy atom. The maximum Gasteiger partial charge on any atom is 0.0484 e. The van der Waals surface area contributed by atoms with Crippen LogP contribution < -0.4 is 0 Å². The van der Waals surface area contributed by atoms with Crippen LogP contribution in [0.1, 0.15) is 0 Å². The molecule has 0 atom stereocenters. The average Bonchev–Trinajstić information content (AvgIpc) is 2.33. The fourth-order valence-electron chi connectivity index (χ4n) is 0.892. The predicted molar refractivity (Wildman–Crippen MR) is 43.3 cm³/mol. The molecule has 0 saturated carbocycles. The Labute approximate surface area is 64.7 Å². The molecule has 0 fully saturated rings. The number of hydrogen-bond donors (Lipinski definition) is 1. The monoisotopic (exact) mass is 154 g/mol. The number of hydrogen-bond acceptors (Lipinski definition) is 1. The van der Waals surface area contributed by atoms with E-state index < -0.39 is 0 Å². The van der Waals surface area contributed by atoms with Crippen molar-refractivity contribution in [3.05, 3.63) is 30.7 Å². The van der Waals surface area contributed by atoms with E-state index in [1.54, 1.807) is 6.20 Å². The van der Waals surface area contributed by atoms with E-state index in [-0.39, 0.29) is 12.4 Å². The summed E-state index contributed by atoms with van der Waals surface area (Å²) >= 11 is 0. The topological polar surface area (TPSA) is 28.7 Å². The lowest BCUT2D eigenvalue weighted by molar-refractivity contribution is 1.36. The number of aromatic amines is 1. The molecule has 0 unspecified atom stereocenters. The number of halogens is 1. The Morgan fingerprint density at radius 2 is 2.20 bits per heavy atom. The van der Waals surface area contributed by atoms with Gasteiger partial charge in [-0.2, -0.15) is 0 Å². The molecule has 0 bridgehead atoms. The van der Waals surface area contributed by atoms with Gasteiger partial charge in [-0.05, 0) is 12.1 Å². The van der Waals surface area contributed by atoms with Crippen molar-refractivity contribution in [3.63, 3.8) is 0 Å². The zero-order chi connectivity index (χ0) is 6.10. The van der Waals surface area contributed by atoms with Gasteiger partial charge in [0.1, 0.15) is 0 Å². The van der Waals surface area contributed by atoms with E-state index in [1.807, 2.05) is 24.5 Å². The molecule has 0 saturated heterocycles. The molecule has 0 aliphatic heterocycles. The largest absolute Gasteiger partial charge is 0.361 e. The first-order chi connectivity index (χ1) is 4.47. The number of H-pyrrole nitrogens is 1. The standard InChI is InChI=1S/C7H6N2.ClH/c1-4-9-7-2-3-8-5-6(1)7;/h1-5,9H;1H. The summed E-state index contributed by atoms with van der Waals surface area (Å²) in [6, 6.07) is 3.96. The molecule has 0 aliphatic carbocycles. The highest BCUT2D eigenvalue weighted by Gasteiger charge is 1.87. The quantitative estimate of drug-likeness (QED) is 0.618. The van der Waals surface area contributed by atoms with E-state index in [1.165, 1.54) is 0 Å². The number of rotatable bonds is 0. The van der Waals surface area contributed by atoms with Crippen molar-refractivity contribution in [3.8, 4) is 0 Å². The minimum atomic E-state index is 0. The van der Waals surface area contributed by atoms with Crippen LogP contribution in [-0.2, 0) is 0 Å². The molecule has 0 aliphatic rings.